The van der Waals surface area contributed by atoms with Crippen LogP contribution in [0.25, 0.3) is 6.08 Å². The Hall–Kier alpha value is -2.85. The zero-order valence-corrected chi connectivity index (χ0v) is 22.5. The maximum Gasteiger partial charge on any atom is 0.273 e. The van der Waals surface area contributed by atoms with Crippen LogP contribution < -0.4 is 9.04 Å². The summed E-state index contributed by atoms with van der Waals surface area (Å²) in [4.78, 5) is 16.7. The summed E-state index contributed by atoms with van der Waals surface area (Å²) in [6, 6.07) is 20.2. The van der Waals surface area contributed by atoms with Gasteiger partial charge in [-0.3, -0.25) is 14.0 Å². The molecule has 0 spiro atoms. The Balaban J connectivity index is 0.00000361. The molecule has 2 aromatic carbocycles. The predicted molar refractivity (Wildman–Crippen MR) is 148 cm³/mol. The SMILES string of the molecule is CN(c1ccc(OCC(=O)N2CCN(CC=Cc3ccccc3)CC2)cc1)S(=O)(=O)c1cccs1.Cl. The molecule has 3 aromatic rings. The summed E-state index contributed by atoms with van der Waals surface area (Å²) < 4.78 is 32.5. The molecule has 1 aliphatic rings. The molecule has 1 amide bonds. The van der Waals surface area contributed by atoms with Crippen molar-refractivity contribution in [2.75, 3.05) is 50.7 Å². The number of rotatable bonds is 9. The number of carbonyl (C=O) groups is 1. The van der Waals surface area contributed by atoms with Gasteiger partial charge < -0.3 is 9.64 Å². The molecule has 0 atom stereocenters. The number of anilines is 1. The summed E-state index contributed by atoms with van der Waals surface area (Å²) in [5, 5.41) is 1.73. The number of ether oxygens (including phenoxy) is 1. The first kappa shape index (κ1) is 27.7. The number of halogens is 1. The van der Waals surface area contributed by atoms with Gasteiger partial charge in [-0.05, 0) is 41.3 Å². The highest BCUT2D eigenvalue weighted by atomic mass is 35.5. The van der Waals surface area contributed by atoms with Crippen molar-refractivity contribution in [3.8, 4) is 5.75 Å². The summed E-state index contributed by atoms with van der Waals surface area (Å²) in [6.07, 6.45) is 4.27. The largest absolute Gasteiger partial charge is 0.484 e. The van der Waals surface area contributed by atoms with E-state index in [0.717, 1.165) is 19.6 Å². The lowest BCUT2D eigenvalue weighted by Crippen LogP contribution is -2.49. The molecule has 2 heterocycles. The number of hydrogen-bond donors (Lipinski definition) is 0. The molecule has 4 rings (SSSR count). The molecule has 0 aliphatic carbocycles. The third kappa shape index (κ3) is 7.10. The normalized spacial score (nSPS) is 14.4. The number of sulfonamides is 1. The van der Waals surface area contributed by atoms with E-state index in [-0.39, 0.29) is 24.9 Å². The lowest BCUT2D eigenvalue weighted by atomic mass is 10.2. The zero-order valence-electron chi connectivity index (χ0n) is 20.0. The van der Waals surface area contributed by atoms with Gasteiger partial charge >= 0.3 is 0 Å². The van der Waals surface area contributed by atoms with Gasteiger partial charge in [0.05, 0.1) is 5.69 Å². The number of piperazine rings is 1. The standard InChI is InChI=1S/C26H29N3O4S2.ClH/c1-27(35(31,32)26-10-6-20-34-26)23-11-13-24(14-12-23)33-21-25(30)29-18-16-28(17-19-29)15-5-9-22-7-3-2-4-8-22;/h2-14,20H,15-19,21H2,1H3;1H. The van der Waals surface area contributed by atoms with Crippen LogP contribution in [-0.2, 0) is 14.8 Å². The van der Waals surface area contributed by atoms with Crippen LogP contribution in [0, 0.1) is 0 Å². The van der Waals surface area contributed by atoms with E-state index in [9.17, 15) is 13.2 Å². The Morgan fingerprint density at radius 2 is 1.69 bits per heavy atom. The smallest absolute Gasteiger partial charge is 0.273 e. The van der Waals surface area contributed by atoms with E-state index < -0.39 is 10.0 Å². The van der Waals surface area contributed by atoms with Crippen molar-refractivity contribution < 1.29 is 17.9 Å². The fraction of sp³-hybridized carbons (Fsp3) is 0.269. The second kappa shape index (κ2) is 12.9. The van der Waals surface area contributed by atoms with Crippen LogP contribution in [0.2, 0.25) is 0 Å². The van der Waals surface area contributed by atoms with E-state index in [1.165, 1.54) is 28.3 Å². The van der Waals surface area contributed by atoms with Crippen molar-refractivity contribution in [1.29, 1.82) is 0 Å². The van der Waals surface area contributed by atoms with Crippen LogP contribution in [0.4, 0.5) is 5.69 Å². The van der Waals surface area contributed by atoms with Crippen LogP contribution in [0.15, 0.2) is 82.4 Å². The van der Waals surface area contributed by atoms with Gasteiger partial charge in [0.15, 0.2) is 6.61 Å². The van der Waals surface area contributed by atoms with Gasteiger partial charge in [-0.25, -0.2) is 8.42 Å². The highest BCUT2D eigenvalue weighted by Gasteiger charge is 2.23. The molecular formula is C26H30ClN3O4S2. The maximum atomic E-state index is 12.7. The van der Waals surface area contributed by atoms with Gasteiger partial charge in [0.2, 0.25) is 0 Å². The fourth-order valence-corrected chi connectivity index (χ4v) is 6.11. The molecule has 0 bridgehead atoms. The van der Waals surface area contributed by atoms with Crippen molar-refractivity contribution in [3.63, 3.8) is 0 Å². The highest BCUT2D eigenvalue weighted by molar-refractivity contribution is 7.94. The molecule has 0 unspecified atom stereocenters. The van der Waals surface area contributed by atoms with Gasteiger partial charge in [-0.2, -0.15) is 0 Å². The van der Waals surface area contributed by atoms with E-state index in [1.807, 2.05) is 23.1 Å². The van der Waals surface area contributed by atoms with E-state index >= 15 is 0 Å². The molecule has 0 radical (unpaired) electrons. The quantitative estimate of drug-likeness (QED) is 0.401. The Labute approximate surface area is 223 Å². The molecular weight excluding hydrogens is 518 g/mol. The summed E-state index contributed by atoms with van der Waals surface area (Å²) in [7, 11) is -2.07. The van der Waals surface area contributed by atoms with Crippen LogP contribution in [0.1, 0.15) is 5.56 Å². The average molecular weight is 548 g/mol. The van der Waals surface area contributed by atoms with E-state index in [4.69, 9.17) is 4.74 Å². The van der Waals surface area contributed by atoms with Crippen molar-refractivity contribution >= 4 is 51.4 Å². The zero-order chi connectivity index (χ0) is 24.7. The fourth-order valence-electron chi connectivity index (χ4n) is 3.75. The molecule has 0 N–H and O–H groups in total. The van der Waals surface area contributed by atoms with Crippen LogP contribution in [0.3, 0.4) is 0 Å². The first-order valence-corrected chi connectivity index (χ1v) is 13.7. The number of amides is 1. The van der Waals surface area contributed by atoms with E-state index in [0.29, 0.717) is 28.7 Å². The number of carbonyl (C=O) groups excluding carboxylic acids is 1. The summed E-state index contributed by atoms with van der Waals surface area (Å²) >= 11 is 1.18. The Morgan fingerprint density at radius 3 is 2.33 bits per heavy atom. The van der Waals surface area contributed by atoms with Crippen LogP contribution >= 0.6 is 23.7 Å². The Morgan fingerprint density at radius 1 is 1.00 bits per heavy atom. The topological polar surface area (TPSA) is 70.2 Å². The van der Waals surface area contributed by atoms with Crippen LogP contribution in [-0.4, -0.2) is 70.5 Å². The maximum absolute atomic E-state index is 12.7. The molecule has 192 valence electrons. The average Bonchev–Trinajstić information content (AvgIpc) is 3.44. The molecule has 1 aromatic heterocycles. The summed E-state index contributed by atoms with van der Waals surface area (Å²) in [6.45, 7) is 3.81. The second-order valence-corrected chi connectivity index (χ2v) is 11.3. The molecule has 7 nitrogen and oxygen atoms in total. The molecule has 1 saturated heterocycles. The molecule has 36 heavy (non-hydrogen) atoms. The minimum Gasteiger partial charge on any atom is -0.484 e. The third-order valence-electron chi connectivity index (χ3n) is 5.87. The Bertz CT molecular complexity index is 1230. The van der Waals surface area contributed by atoms with Crippen LogP contribution in [0.5, 0.6) is 5.75 Å². The first-order chi connectivity index (χ1) is 16.9. The number of nitrogens with zero attached hydrogens (tertiary/aromatic N) is 3. The minimum absolute atomic E-state index is 0. The van der Waals surface area contributed by atoms with Gasteiger partial charge in [-0.1, -0.05) is 48.6 Å². The van der Waals surface area contributed by atoms with E-state index in [1.54, 1.807) is 41.8 Å². The monoisotopic (exact) mass is 547 g/mol. The molecule has 0 saturated carbocycles. The minimum atomic E-state index is -3.58. The van der Waals surface area contributed by atoms with Gasteiger partial charge in [0.25, 0.3) is 15.9 Å². The Kier molecular flexibility index (Phi) is 9.95. The highest BCUT2D eigenvalue weighted by Crippen LogP contribution is 2.26. The molecule has 1 aliphatic heterocycles. The lowest BCUT2D eigenvalue weighted by molar-refractivity contribution is -0.135. The van der Waals surface area contributed by atoms with Crippen molar-refractivity contribution in [2.45, 2.75) is 4.21 Å². The second-order valence-electron chi connectivity index (χ2n) is 8.18. The van der Waals surface area contributed by atoms with Gasteiger partial charge in [0.1, 0.15) is 9.96 Å². The lowest BCUT2D eigenvalue weighted by Gasteiger charge is -2.34. The molecule has 10 heteroatoms. The molecule has 1 fully saturated rings. The number of benzene rings is 2. The first-order valence-electron chi connectivity index (χ1n) is 11.4. The number of thiophene rings is 1. The van der Waals surface area contributed by atoms with Crippen molar-refractivity contribution in [1.82, 2.24) is 9.80 Å². The number of hydrogen-bond acceptors (Lipinski definition) is 6. The van der Waals surface area contributed by atoms with Crippen molar-refractivity contribution in [2.24, 2.45) is 0 Å². The van der Waals surface area contributed by atoms with E-state index in [2.05, 4.69) is 29.2 Å². The summed E-state index contributed by atoms with van der Waals surface area (Å²) in [5.41, 5.74) is 1.71. The summed E-state index contributed by atoms with van der Waals surface area (Å²) in [5.74, 6) is 0.472. The predicted octanol–water partition coefficient (Wildman–Crippen LogP) is 4.23. The van der Waals surface area contributed by atoms with Crippen molar-refractivity contribution in [3.05, 3.63) is 83.7 Å². The third-order valence-corrected chi connectivity index (χ3v) is 9.03. The van der Waals surface area contributed by atoms with Gasteiger partial charge in [-0.15, -0.1) is 23.7 Å². The van der Waals surface area contributed by atoms with Gasteiger partial charge in [0, 0.05) is 39.8 Å².